The predicted octanol–water partition coefficient (Wildman–Crippen LogP) is 3.08. The monoisotopic (exact) mass is 240 g/mol. The number of rotatable bonds is 4. The van der Waals surface area contributed by atoms with E-state index < -0.39 is 0 Å². The lowest BCUT2D eigenvalue weighted by Gasteiger charge is -2.32. The second-order valence-corrected chi connectivity index (χ2v) is 6.44. The Morgan fingerprint density at radius 2 is 1.53 bits per heavy atom. The van der Waals surface area contributed by atoms with Gasteiger partial charge in [0.05, 0.1) is 11.2 Å². The molecular weight excluding hydrogens is 215 g/mol. The van der Waals surface area contributed by atoms with Gasteiger partial charge in [-0.15, -0.1) is 0 Å². The van der Waals surface area contributed by atoms with E-state index in [-0.39, 0.29) is 29.9 Å². The molecule has 0 aromatic carbocycles. The van der Waals surface area contributed by atoms with E-state index in [0.717, 1.165) is 0 Å². The first-order chi connectivity index (χ1) is 7.57. The molecule has 1 aliphatic rings. The number of carbonyl (C=O) groups is 1. The molecule has 1 saturated heterocycles. The van der Waals surface area contributed by atoms with Crippen LogP contribution in [-0.4, -0.2) is 24.1 Å². The molecule has 0 aromatic rings. The summed E-state index contributed by atoms with van der Waals surface area (Å²) in [7, 11) is -0.274. The second-order valence-electron chi connectivity index (χ2n) is 6.44. The minimum absolute atomic E-state index is 0.133. The number of carbonyl (C=O) groups excluding carboxylic acids is 1. The van der Waals surface area contributed by atoms with Crippen LogP contribution in [0, 0.1) is 5.92 Å². The minimum atomic E-state index is -0.318. The van der Waals surface area contributed by atoms with Crippen LogP contribution in [0.1, 0.15) is 54.9 Å². The van der Waals surface area contributed by atoms with Gasteiger partial charge < -0.3 is 14.1 Å². The topological polar surface area (TPSA) is 35.5 Å². The van der Waals surface area contributed by atoms with Crippen molar-refractivity contribution < 1.29 is 14.1 Å². The lowest BCUT2D eigenvalue weighted by atomic mass is 9.63. The van der Waals surface area contributed by atoms with Gasteiger partial charge in [-0.25, -0.2) is 0 Å². The van der Waals surface area contributed by atoms with E-state index >= 15 is 0 Å². The molecule has 3 nitrogen and oxygen atoms in total. The number of hydrogen-bond donors (Lipinski definition) is 0. The summed E-state index contributed by atoms with van der Waals surface area (Å²) in [6.45, 7) is 14.0. The molecule has 1 atom stereocenters. The van der Waals surface area contributed by atoms with Gasteiger partial charge in [0.25, 0.3) is 0 Å². The van der Waals surface area contributed by atoms with Crippen molar-refractivity contribution in [3.05, 3.63) is 0 Å². The molecule has 0 bridgehead atoms. The zero-order chi connectivity index (χ0) is 13.4. The van der Waals surface area contributed by atoms with Crippen molar-refractivity contribution in [1.29, 1.82) is 0 Å². The maximum Gasteiger partial charge on any atom is 0.461 e. The Balaban J connectivity index is 2.83. The van der Waals surface area contributed by atoms with Gasteiger partial charge in [0.15, 0.2) is 0 Å². The van der Waals surface area contributed by atoms with Crippen LogP contribution in [0.3, 0.4) is 0 Å². The van der Waals surface area contributed by atoms with Crippen molar-refractivity contribution in [2.45, 2.75) is 71.9 Å². The van der Waals surface area contributed by atoms with E-state index in [1.165, 1.54) is 0 Å². The van der Waals surface area contributed by atoms with Crippen LogP contribution >= 0.6 is 0 Å². The highest BCUT2D eigenvalue weighted by atomic mass is 16.7. The first-order valence-electron chi connectivity index (χ1n) is 6.42. The van der Waals surface area contributed by atoms with Gasteiger partial charge in [-0.05, 0) is 40.5 Å². The lowest BCUT2D eigenvalue weighted by Crippen LogP contribution is -2.41. The maximum atomic E-state index is 11.3. The maximum absolute atomic E-state index is 11.3. The highest BCUT2D eigenvalue weighted by Gasteiger charge is 2.54. The molecule has 1 fully saturated rings. The van der Waals surface area contributed by atoms with Crippen LogP contribution in [-0.2, 0) is 14.1 Å². The summed E-state index contributed by atoms with van der Waals surface area (Å²) < 4.78 is 12.0. The molecule has 0 aromatic heterocycles. The Bertz CT molecular complexity index is 281. The van der Waals surface area contributed by atoms with Gasteiger partial charge in [-0.1, -0.05) is 13.8 Å². The Hall–Kier alpha value is -0.345. The molecule has 1 heterocycles. The number of Topliss-reactive ketones (excluding diaryl/α,β-unsaturated/α-hetero) is 1. The van der Waals surface area contributed by atoms with Gasteiger partial charge in [-0.2, -0.15) is 0 Å². The summed E-state index contributed by atoms with van der Waals surface area (Å²) in [6, 6.07) is 0. The van der Waals surface area contributed by atoms with Crippen molar-refractivity contribution in [3.63, 3.8) is 0 Å². The Labute approximate surface area is 105 Å². The van der Waals surface area contributed by atoms with Gasteiger partial charge in [0, 0.05) is 12.2 Å². The summed E-state index contributed by atoms with van der Waals surface area (Å²) in [4.78, 5) is 11.3. The summed E-state index contributed by atoms with van der Waals surface area (Å²) in [5.41, 5.74) is -0.636. The van der Waals surface area contributed by atoms with Crippen LogP contribution in [0.2, 0.25) is 5.82 Å². The molecule has 17 heavy (non-hydrogen) atoms. The SMILES string of the molecule is CC(=O)CC(B1OC(C)(C)C(C)(C)O1)C(C)C. The van der Waals surface area contributed by atoms with Gasteiger partial charge in [0.1, 0.15) is 5.78 Å². The second kappa shape index (κ2) is 4.73. The first-order valence-corrected chi connectivity index (χ1v) is 6.42. The molecule has 1 aliphatic heterocycles. The summed E-state index contributed by atoms with van der Waals surface area (Å²) in [5.74, 6) is 0.695. The molecule has 0 saturated carbocycles. The van der Waals surface area contributed by atoms with Gasteiger partial charge in [0.2, 0.25) is 0 Å². The van der Waals surface area contributed by atoms with Crippen LogP contribution in [0.5, 0.6) is 0 Å². The third-order valence-corrected chi connectivity index (χ3v) is 4.00. The third-order valence-electron chi connectivity index (χ3n) is 4.00. The van der Waals surface area contributed by atoms with Gasteiger partial charge >= 0.3 is 7.12 Å². The molecule has 0 aliphatic carbocycles. The summed E-state index contributed by atoms with van der Waals surface area (Å²) >= 11 is 0. The third kappa shape index (κ3) is 3.11. The highest BCUT2D eigenvalue weighted by molar-refractivity contribution is 6.48. The molecule has 1 unspecified atom stereocenters. The van der Waals surface area contributed by atoms with Gasteiger partial charge in [-0.3, -0.25) is 0 Å². The standard InChI is InChI=1S/C13H25BO3/c1-9(2)11(8-10(3)15)14-16-12(4,5)13(6,7)17-14/h9,11H,8H2,1-7H3. The van der Waals surface area contributed by atoms with Crippen molar-refractivity contribution >= 4 is 12.9 Å². The van der Waals surface area contributed by atoms with Crippen LogP contribution in [0.4, 0.5) is 0 Å². The molecule has 0 radical (unpaired) electrons. The van der Waals surface area contributed by atoms with E-state index in [0.29, 0.717) is 12.3 Å². The van der Waals surface area contributed by atoms with E-state index in [4.69, 9.17) is 9.31 Å². The van der Waals surface area contributed by atoms with Crippen molar-refractivity contribution in [3.8, 4) is 0 Å². The molecule has 0 amide bonds. The molecule has 4 heteroatoms. The zero-order valence-electron chi connectivity index (χ0n) is 12.2. The van der Waals surface area contributed by atoms with Crippen molar-refractivity contribution in [2.24, 2.45) is 5.92 Å². The average Bonchev–Trinajstić information content (AvgIpc) is 2.31. The average molecular weight is 240 g/mol. The fourth-order valence-electron chi connectivity index (χ4n) is 2.04. The highest BCUT2D eigenvalue weighted by Crippen LogP contribution is 2.42. The Morgan fingerprint density at radius 1 is 1.12 bits per heavy atom. The van der Waals surface area contributed by atoms with E-state index in [1.54, 1.807) is 6.92 Å². The van der Waals surface area contributed by atoms with Crippen molar-refractivity contribution in [1.82, 2.24) is 0 Å². The molecule has 1 rings (SSSR count). The number of hydrogen-bond acceptors (Lipinski definition) is 3. The summed E-state index contributed by atoms with van der Waals surface area (Å²) in [5, 5.41) is 0. The van der Waals surface area contributed by atoms with Crippen LogP contribution < -0.4 is 0 Å². The number of ketones is 1. The van der Waals surface area contributed by atoms with E-state index in [2.05, 4.69) is 13.8 Å². The van der Waals surface area contributed by atoms with E-state index in [1.807, 2.05) is 27.7 Å². The predicted molar refractivity (Wildman–Crippen MR) is 70.0 cm³/mol. The Kier molecular flexibility index (Phi) is 4.10. The zero-order valence-corrected chi connectivity index (χ0v) is 12.2. The fraction of sp³-hybridized carbons (Fsp3) is 0.923. The summed E-state index contributed by atoms with van der Waals surface area (Å²) in [6.07, 6.45) is 0.522. The van der Waals surface area contributed by atoms with Crippen LogP contribution in [0.15, 0.2) is 0 Å². The molecule has 0 N–H and O–H groups in total. The largest absolute Gasteiger partial charge is 0.461 e. The van der Waals surface area contributed by atoms with Crippen molar-refractivity contribution in [2.75, 3.05) is 0 Å². The molecular formula is C13H25BO3. The lowest BCUT2D eigenvalue weighted by molar-refractivity contribution is -0.117. The fourth-order valence-corrected chi connectivity index (χ4v) is 2.04. The Morgan fingerprint density at radius 3 is 1.82 bits per heavy atom. The minimum Gasteiger partial charge on any atom is -0.403 e. The molecule has 0 spiro atoms. The smallest absolute Gasteiger partial charge is 0.403 e. The van der Waals surface area contributed by atoms with Crippen LogP contribution in [0.25, 0.3) is 0 Å². The molecule has 98 valence electrons. The quantitative estimate of drug-likeness (QED) is 0.708. The normalized spacial score (nSPS) is 24.1. The first kappa shape index (κ1) is 14.7. The van der Waals surface area contributed by atoms with E-state index in [9.17, 15) is 4.79 Å².